The zero-order valence-electron chi connectivity index (χ0n) is 12.5. The van der Waals surface area contributed by atoms with Gasteiger partial charge in [-0.1, -0.05) is 0 Å². The highest BCUT2D eigenvalue weighted by molar-refractivity contribution is 7.92. The van der Waals surface area contributed by atoms with Crippen molar-refractivity contribution in [3.63, 3.8) is 0 Å². The van der Waals surface area contributed by atoms with Crippen molar-refractivity contribution in [2.45, 2.75) is 0 Å². The minimum Gasteiger partial charge on any atom is -0.496 e. The van der Waals surface area contributed by atoms with E-state index in [1.54, 1.807) is 41.0 Å². The van der Waals surface area contributed by atoms with E-state index in [9.17, 15) is 8.42 Å². The first-order chi connectivity index (χ1) is 10.9. The quantitative estimate of drug-likeness (QED) is 0.745. The van der Waals surface area contributed by atoms with Crippen molar-refractivity contribution in [1.29, 1.82) is 0 Å². The second-order valence-electron chi connectivity index (χ2n) is 4.98. The van der Waals surface area contributed by atoms with Crippen LogP contribution in [0.3, 0.4) is 0 Å². The number of methoxy groups -OCH3 is 1. The maximum absolute atomic E-state index is 11.3. The highest BCUT2D eigenvalue weighted by atomic mass is 32.2. The number of hydrogen-bond acceptors (Lipinski definition) is 6. The van der Waals surface area contributed by atoms with Crippen molar-refractivity contribution < 1.29 is 13.2 Å². The molecule has 0 aliphatic rings. The van der Waals surface area contributed by atoms with E-state index in [1.807, 2.05) is 0 Å². The third-order valence-corrected chi connectivity index (χ3v) is 3.73. The lowest BCUT2D eigenvalue weighted by atomic mass is 10.1. The Morgan fingerprint density at radius 1 is 1.26 bits per heavy atom. The second-order valence-corrected chi connectivity index (χ2v) is 6.72. The summed E-state index contributed by atoms with van der Waals surface area (Å²) in [6.45, 7) is 0. The van der Waals surface area contributed by atoms with Crippen LogP contribution in [0.4, 0.5) is 11.5 Å². The predicted octanol–water partition coefficient (Wildman–Crippen LogP) is 1.36. The average Bonchev–Trinajstić information content (AvgIpc) is 2.88. The molecule has 2 heterocycles. The second kappa shape index (κ2) is 5.43. The maximum Gasteiger partial charge on any atom is 0.229 e. The van der Waals surface area contributed by atoms with Crippen LogP contribution in [0.15, 0.2) is 36.5 Å². The number of anilines is 2. The smallest absolute Gasteiger partial charge is 0.229 e. The molecule has 23 heavy (non-hydrogen) atoms. The zero-order chi connectivity index (χ0) is 16.6. The SMILES string of the molecule is COc1cc(NS(C)(=O)=O)ccc1-c1cn2nc(N)ccc2n1. The average molecular weight is 333 g/mol. The minimum absolute atomic E-state index is 0.390. The predicted molar refractivity (Wildman–Crippen MR) is 87.9 cm³/mol. The number of nitrogens with zero attached hydrogens (tertiary/aromatic N) is 3. The summed E-state index contributed by atoms with van der Waals surface area (Å²) in [5.41, 5.74) is 8.08. The summed E-state index contributed by atoms with van der Waals surface area (Å²) in [4.78, 5) is 4.46. The van der Waals surface area contributed by atoms with Gasteiger partial charge in [0, 0.05) is 11.6 Å². The molecule has 0 radical (unpaired) electrons. The highest BCUT2D eigenvalue weighted by Crippen LogP contribution is 2.32. The molecule has 0 fully saturated rings. The van der Waals surface area contributed by atoms with Crippen LogP contribution >= 0.6 is 0 Å². The molecule has 0 unspecified atom stereocenters. The van der Waals surface area contributed by atoms with Crippen LogP contribution in [0, 0.1) is 0 Å². The summed E-state index contributed by atoms with van der Waals surface area (Å²) in [5, 5.41) is 4.14. The molecule has 0 bridgehead atoms. The monoisotopic (exact) mass is 333 g/mol. The molecule has 0 aliphatic carbocycles. The Labute approximate surface area is 133 Å². The molecule has 9 heteroatoms. The van der Waals surface area contributed by atoms with E-state index in [4.69, 9.17) is 10.5 Å². The number of nitrogens with one attached hydrogen (secondary N) is 1. The lowest BCUT2D eigenvalue weighted by molar-refractivity contribution is 0.416. The molecule has 0 amide bonds. The van der Waals surface area contributed by atoms with Crippen LogP contribution in [0.1, 0.15) is 0 Å². The number of sulfonamides is 1. The van der Waals surface area contributed by atoms with Gasteiger partial charge < -0.3 is 10.5 Å². The van der Waals surface area contributed by atoms with Gasteiger partial charge >= 0.3 is 0 Å². The number of imidazole rings is 1. The van der Waals surface area contributed by atoms with Crippen molar-refractivity contribution in [3.8, 4) is 17.0 Å². The lowest BCUT2D eigenvalue weighted by Crippen LogP contribution is -2.09. The van der Waals surface area contributed by atoms with Gasteiger partial charge in [0.1, 0.15) is 11.6 Å². The molecule has 2 aromatic heterocycles. The molecule has 0 saturated carbocycles. The van der Waals surface area contributed by atoms with Gasteiger partial charge in [0.25, 0.3) is 0 Å². The lowest BCUT2D eigenvalue weighted by Gasteiger charge is -2.09. The van der Waals surface area contributed by atoms with E-state index >= 15 is 0 Å². The molecule has 120 valence electrons. The zero-order valence-corrected chi connectivity index (χ0v) is 13.3. The fourth-order valence-electron chi connectivity index (χ4n) is 2.21. The Balaban J connectivity index is 2.07. The van der Waals surface area contributed by atoms with Crippen LogP contribution in [0.2, 0.25) is 0 Å². The number of aromatic nitrogens is 3. The molecular formula is C14H15N5O3S. The van der Waals surface area contributed by atoms with E-state index in [0.29, 0.717) is 28.6 Å². The summed E-state index contributed by atoms with van der Waals surface area (Å²) < 4.78 is 32.0. The van der Waals surface area contributed by atoms with Gasteiger partial charge in [-0.05, 0) is 24.3 Å². The number of hydrogen-bond donors (Lipinski definition) is 2. The van der Waals surface area contributed by atoms with Gasteiger partial charge in [-0.3, -0.25) is 4.72 Å². The number of fused-ring (bicyclic) bond motifs is 1. The Morgan fingerprint density at radius 2 is 2.04 bits per heavy atom. The van der Waals surface area contributed by atoms with Crippen molar-refractivity contribution in [2.75, 3.05) is 23.8 Å². The molecule has 3 rings (SSSR count). The number of ether oxygens (including phenoxy) is 1. The first kappa shape index (κ1) is 15.1. The van der Waals surface area contributed by atoms with E-state index in [0.717, 1.165) is 11.8 Å². The number of nitrogen functional groups attached to an aromatic ring is 1. The molecule has 0 atom stereocenters. The molecule has 0 aliphatic heterocycles. The van der Waals surface area contributed by atoms with Crippen LogP contribution in [0.25, 0.3) is 16.9 Å². The fraction of sp³-hybridized carbons (Fsp3) is 0.143. The highest BCUT2D eigenvalue weighted by Gasteiger charge is 2.13. The Morgan fingerprint density at radius 3 is 2.74 bits per heavy atom. The number of nitrogens with two attached hydrogens (primary N) is 1. The van der Waals surface area contributed by atoms with Gasteiger partial charge in [-0.2, -0.15) is 0 Å². The summed E-state index contributed by atoms with van der Waals surface area (Å²) in [5.74, 6) is 0.885. The molecule has 1 aromatic carbocycles. The van der Waals surface area contributed by atoms with Crippen molar-refractivity contribution in [3.05, 3.63) is 36.5 Å². The third kappa shape index (κ3) is 3.19. The number of benzene rings is 1. The van der Waals surface area contributed by atoms with Crippen LogP contribution in [-0.4, -0.2) is 36.4 Å². The minimum atomic E-state index is -3.35. The first-order valence-corrected chi connectivity index (χ1v) is 8.53. The summed E-state index contributed by atoms with van der Waals surface area (Å²) in [6.07, 6.45) is 2.82. The van der Waals surface area contributed by atoms with Crippen molar-refractivity contribution in [2.24, 2.45) is 0 Å². The molecular weight excluding hydrogens is 318 g/mol. The number of rotatable bonds is 4. The van der Waals surface area contributed by atoms with Crippen molar-refractivity contribution in [1.82, 2.24) is 14.6 Å². The van der Waals surface area contributed by atoms with E-state index in [1.165, 1.54) is 7.11 Å². The summed E-state index contributed by atoms with van der Waals surface area (Å²) >= 11 is 0. The molecule has 0 saturated heterocycles. The van der Waals surface area contributed by atoms with Gasteiger partial charge in [-0.25, -0.2) is 17.9 Å². The van der Waals surface area contributed by atoms with Crippen LogP contribution in [-0.2, 0) is 10.0 Å². The molecule has 8 nitrogen and oxygen atoms in total. The van der Waals surface area contributed by atoms with Crippen molar-refractivity contribution >= 4 is 27.2 Å². The van der Waals surface area contributed by atoms with Gasteiger partial charge in [0.05, 0.1) is 30.9 Å². The van der Waals surface area contributed by atoms with Crippen LogP contribution in [0.5, 0.6) is 5.75 Å². The van der Waals surface area contributed by atoms with Gasteiger partial charge in [0.15, 0.2) is 5.65 Å². The fourth-order valence-corrected chi connectivity index (χ4v) is 2.76. The first-order valence-electron chi connectivity index (χ1n) is 6.64. The normalized spacial score (nSPS) is 11.6. The van der Waals surface area contributed by atoms with Crippen LogP contribution < -0.4 is 15.2 Å². The standard InChI is InChI=1S/C14H15N5O3S/c1-22-12-7-9(18-23(2,20)21)3-4-10(12)11-8-19-14(16-11)6-5-13(15)17-19/h3-8,18H,1-2H3,(H2,15,17). The van der Waals surface area contributed by atoms with E-state index in [-0.39, 0.29) is 0 Å². The van der Waals surface area contributed by atoms with E-state index < -0.39 is 10.0 Å². The maximum atomic E-state index is 11.3. The van der Waals surface area contributed by atoms with Gasteiger partial charge in [0.2, 0.25) is 10.0 Å². The summed E-state index contributed by atoms with van der Waals surface area (Å²) in [6, 6.07) is 8.41. The Hall–Kier alpha value is -2.81. The summed E-state index contributed by atoms with van der Waals surface area (Å²) in [7, 11) is -1.85. The Kier molecular flexibility index (Phi) is 3.57. The Bertz CT molecular complexity index is 981. The van der Waals surface area contributed by atoms with E-state index in [2.05, 4.69) is 14.8 Å². The largest absolute Gasteiger partial charge is 0.496 e. The third-order valence-electron chi connectivity index (χ3n) is 3.12. The topological polar surface area (TPSA) is 112 Å². The molecule has 3 aromatic rings. The molecule has 0 spiro atoms. The molecule has 3 N–H and O–H groups in total. The van der Waals surface area contributed by atoms with Gasteiger partial charge in [-0.15, -0.1) is 5.10 Å².